The molecule has 0 unspecified atom stereocenters. The fourth-order valence-electron chi connectivity index (χ4n) is 3.74. The van der Waals surface area contributed by atoms with Crippen LogP contribution in [0, 0.1) is 5.92 Å². The largest absolute Gasteiger partial charge is 0.315 e. The summed E-state index contributed by atoms with van der Waals surface area (Å²) in [6, 6.07) is 5.80. The van der Waals surface area contributed by atoms with Crippen molar-refractivity contribution in [2.75, 3.05) is 24.5 Å². The van der Waals surface area contributed by atoms with Crippen LogP contribution in [0.1, 0.15) is 17.0 Å². The van der Waals surface area contributed by atoms with Crippen molar-refractivity contribution in [2.24, 2.45) is 13.0 Å². The zero-order chi connectivity index (χ0) is 16.0. The van der Waals surface area contributed by atoms with Crippen LogP contribution < -0.4 is 10.2 Å². The van der Waals surface area contributed by atoms with Crippen molar-refractivity contribution in [1.82, 2.24) is 15.1 Å². The van der Waals surface area contributed by atoms with Gasteiger partial charge in [0.1, 0.15) is 0 Å². The fourth-order valence-corrected chi connectivity index (χ4v) is 4.00. The molecule has 0 saturated carbocycles. The highest BCUT2D eigenvalue weighted by Crippen LogP contribution is 2.37. The van der Waals surface area contributed by atoms with Gasteiger partial charge in [0.2, 0.25) is 5.91 Å². The van der Waals surface area contributed by atoms with Crippen LogP contribution in [0.5, 0.6) is 0 Å². The molecular formula is C17H20Cl2N4O. The van der Waals surface area contributed by atoms with Crippen LogP contribution in [0.25, 0.3) is 0 Å². The number of rotatable bonds is 2. The van der Waals surface area contributed by atoms with Crippen LogP contribution in [0.4, 0.5) is 5.69 Å². The maximum atomic E-state index is 13.1. The highest BCUT2D eigenvalue weighted by molar-refractivity contribution is 6.32. The van der Waals surface area contributed by atoms with Crippen LogP contribution in [0.15, 0.2) is 30.6 Å². The molecule has 2 aromatic rings. The van der Waals surface area contributed by atoms with Crippen molar-refractivity contribution in [3.05, 3.63) is 46.7 Å². The van der Waals surface area contributed by atoms with E-state index in [9.17, 15) is 4.79 Å². The van der Waals surface area contributed by atoms with Gasteiger partial charge < -0.3 is 10.2 Å². The molecule has 1 aromatic carbocycles. The first-order valence-corrected chi connectivity index (χ1v) is 8.31. The average molecular weight is 367 g/mol. The highest BCUT2D eigenvalue weighted by atomic mass is 35.5. The Morgan fingerprint density at radius 3 is 2.96 bits per heavy atom. The lowest BCUT2D eigenvalue weighted by Crippen LogP contribution is -2.37. The summed E-state index contributed by atoms with van der Waals surface area (Å²) in [5.74, 6) is 0.313. The van der Waals surface area contributed by atoms with Gasteiger partial charge in [-0.1, -0.05) is 17.7 Å². The predicted octanol–water partition coefficient (Wildman–Crippen LogP) is 2.39. The summed E-state index contributed by atoms with van der Waals surface area (Å²) in [4.78, 5) is 15.0. The van der Waals surface area contributed by atoms with E-state index in [0.717, 1.165) is 34.8 Å². The maximum absolute atomic E-state index is 13.1. The van der Waals surface area contributed by atoms with Crippen LogP contribution >= 0.6 is 24.0 Å². The minimum atomic E-state index is -0.0517. The fraction of sp³-hybridized carbons (Fsp3) is 0.412. The monoisotopic (exact) mass is 366 g/mol. The number of benzene rings is 1. The minimum Gasteiger partial charge on any atom is -0.315 e. The first kappa shape index (κ1) is 17.3. The lowest BCUT2D eigenvalue weighted by atomic mass is 9.90. The van der Waals surface area contributed by atoms with E-state index >= 15 is 0 Å². The smallest absolute Gasteiger partial charge is 0.232 e. The molecular weight excluding hydrogens is 347 g/mol. The van der Waals surface area contributed by atoms with Gasteiger partial charge in [-0.25, -0.2) is 0 Å². The number of hydrogen-bond acceptors (Lipinski definition) is 3. The molecule has 2 atom stereocenters. The van der Waals surface area contributed by atoms with Crippen LogP contribution in [0.2, 0.25) is 5.02 Å². The third kappa shape index (κ3) is 2.81. The molecule has 2 aliphatic rings. The Bertz CT molecular complexity index is 761. The molecule has 1 N–H and O–H groups in total. The van der Waals surface area contributed by atoms with Gasteiger partial charge >= 0.3 is 0 Å². The van der Waals surface area contributed by atoms with E-state index in [4.69, 9.17) is 11.6 Å². The third-order valence-corrected chi connectivity index (χ3v) is 5.27. The Hall–Kier alpha value is -1.56. The quantitative estimate of drug-likeness (QED) is 0.887. The van der Waals surface area contributed by atoms with Gasteiger partial charge in [0.15, 0.2) is 0 Å². The number of hydrogen-bond donors (Lipinski definition) is 1. The molecule has 0 spiro atoms. The summed E-state index contributed by atoms with van der Waals surface area (Å²) in [6.45, 7) is 2.25. The Morgan fingerprint density at radius 1 is 1.38 bits per heavy atom. The van der Waals surface area contributed by atoms with Crippen molar-refractivity contribution < 1.29 is 4.79 Å². The molecule has 4 rings (SSSR count). The van der Waals surface area contributed by atoms with E-state index in [1.807, 2.05) is 42.5 Å². The topological polar surface area (TPSA) is 50.2 Å². The Kier molecular flexibility index (Phi) is 4.85. The van der Waals surface area contributed by atoms with Crippen LogP contribution in [-0.2, 0) is 18.3 Å². The second-order valence-electron chi connectivity index (χ2n) is 6.30. The third-order valence-electron chi connectivity index (χ3n) is 4.92. The molecule has 0 bridgehead atoms. The number of amides is 1. The lowest BCUT2D eigenvalue weighted by Gasteiger charge is -2.24. The van der Waals surface area contributed by atoms with Crippen LogP contribution in [-0.4, -0.2) is 35.3 Å². The Morgan fingerprint density at radius 2 is 2.21 bits per heavy atom. The zero-order valence-corrected chi connectivity index (χ0v) is 15.0. The number of fused-ring (bicyclic) bond motifs is 1. The number of aromatic nitrogens is 2. The number of halogens is 2. The van der Waals surface area contributed by atoms with E-state index < -0.39 is 0 Å². The molecule has 1 saturated heterocycles. The van der Waals surface area contributed by atoms with Crippen molar-refractivity contribution in [3.63, 3.8) is 0 Å². The number of anilines is 1. The van der Waals surface area contributed by atoms with Gasteiger partial charge in [-0.05, 0) is 29.7 Å². The van der Waals surface area contributed by atoms with E-state index in [0.29, 0.717) is 13.1 Å². The molecule has 128 valence electrons. The molecule has 2 aliphatic heterocycles. The molecule has 3 heterocycles. The molecule has 1 amide bonds. The van der Waals surface area contributed by atoms with Crippen molar-refractivity contribution in [2.45, 2.75) is 12.3 Å². The summed E-state index contributed by atoms with van der Waals surface area (Å²) >= 11 is 6.27. The average Bonchev–Trinajstić information content (AvgIpc) is 3.25. The summed E-state index contributed by atoms with van der Waals surface area (Å²) in [6.07, 6.45) is 4.71. The maximum Gasteiger partial charge on any atom is 0.232 e. The summed E-state index contributed by atoms with van der Waals surface area (Å²) in [5.41, 5.74) is 3.19. The van der Waals surface area contributed by atoms with E-state index in [1.54, 1.807) is 4.68 Å². The summed E-state index contributed by atoms with van der Waals surface area (Å²) in [5, 5.41) is 8.36. The van der Waals surface area contributed by atoms with E-state index in [-0.39, 0.29) is 30.2 Å². The predicted molar refractivity (Wildman–Crippen MR) is 97.1 cm³/mol. The van der Waals surface area contributed by atoms with Crippen LogP contribution in [0.3, 0.4) is 0 Å². The zero-order valence-electron chi connectivity index (χ0n) is 13.4. The second-order valence-corrected chi connectivity index (χ2v) is 6.70. The molecule has 0 aliphatic carbocycles. The molecule has 1 fully saturated rings. The van der Waals surface area contributed by atoms with Crippen molar-refractivity contribution in [3.8, 4) is 0 Å². The van der Waals surface area contributed by atoms with E-state index in [1.165, 1.54) is 0 Å². The first-order chi connectivity index (χ1) is 11.1. The molecule has 7 heteroatoms. The van der Waals surface area contributed by atoms with Gasteiger partial charge in [-0.15, -0.1) is 12.4 Å². The van der Waals surface area contributed by atoms with Gasteiger partial charge in [-0.2, -0.15) is 5.10 Å². The standard InChI is InChI=1S/C17H19ClN4O.ClH/c1-21-10-11(7-20-21)13-8-19-9-14(13)17(23)22-6-5-12-15(18)3-2-4-16(12)22;/h2-4,7,10,13-14,19H,5-6,8-9H2,1H3;1H/t13-,14+;/m1./s1. The Labute approximate surface area is 152 Å². The number of carbonyl (C=O) groups excluding carboxylic acids is 1. The first-order valence-electron chi connectivity index (χ1n) is 7.93. The number of nitrogens with zero attached hydrogens (tertiary/aromatic N) is 3. The second kappa shape index (κ2) is 6.75. The van der Waals surface area contributed by atoms with Gasteiger partial charge in [0.25, 0.3) is 0 Å². The Balaban J connectivity index is 0.00000169. The molecule has 24 heavy (non-hydrogen) atoms. The number of aryl methyl sites for hydroxylation is 1. The summed E-state index contributed by atoms with van der Waals surface area (Å²) in [7, 11) is 1.90. The lowest BCUT2D eigenvalue weighted by molar-refractivity contribution is -0.122. The molecule has 0 radical (unpaired) electrons. The van der Waals surface area contributed by atoms with Gasteiger partial charge in [0, 0.05) is 49.5 Å². The molecule has 1 aromatic heterocycles. The molecule has 5 nitrogen and oxygen atoms in total. The number of nitrogens with one attached hydrogen (secondary N) is 1. The number of carbonyl (C=O) groups is 1. The normalized spacial score (nSPS) is 22.3. The van der Waals surface area contributed by atoms with Gasteiger partial charge in [-0.3, -0.25) is 9.48 Å². The van der Waals surface area contributed by atoms with Gasteiger partial charge in [0.05, 0.1) is 12.1 Å². The van der Waals surface area contributed by atoms with E-state index in [2.05, 4.69) is 10.4 Å². The summed E-state index contributed by atoms with van der Waals surface area (Å²) < 4.78 is 1.79. The van der Waals surface area contributed by atoms with Crippen molar-refractivity contribution in [1.29, 1.82) is 0 Å². The highest BCUT2D eigenvalue weighted by Gasteiger charge is 2.39. The minimum absolute atomic E-state index is 0. The van der Waals surface area contributed by atoms with Crippen molar-refractivity contribution >= 4 is 35.6 Å². The SMILES string of the molecule is Cl.Cn1cc([C@H]2CNC[C@@H]2C(=O)N2CCc3c(Cl)cccc32)cn1.